The molecule has 1 atom stereocenters. The Kier molecular flexibility index (Phi) is 6.22. The molecule has 0 spiro atoms. The molecule has 100 valence electrons. The number of hydrogen-bond acceptors (Lipinski definition) is 3. The summed E-state index contributed by atoms with van der Waals surface area (Å²) in [7, 11) is 0. The Morgan fingerprint density at radius 3 is 2.44 bits per heavy atom. The van der Waals surface area contributed by atoms with E-state index in [1.165, 1.54) is 0 Å². The van der Waals surface area contributed by atoms with Gasteiger partial charge in [0.15, 0.2) is 0 Å². The van der Waals surface area contributed by atoms with Crippen molar-refractivity contribution in [1.82, 2.24) is 5.32 Å². The zero-order valence-electron chi connectivity index (χ0n) is 11.0. The molecule has 0 bridgehead atoms. The monoisotopic (exact) mass is 250 g/mol. The van der Waals surface area contributed by atoms with Gasteiger partial charge in [0.05, 0.1) is 0 Å². The summed E-state index contributed by atoms with van der Waals surface area (Å²) in [5, 5.41) is 15.4. The molecule has 3 N–H and O–H groups in total. The number of hydrogen-bond donors (Lipinski definition) is 3. The van der Waals surface area contributed by atoms with Crippen LogP contribution in [0.4, 0.5) is 5.69 Å². The summed E-state index contributed by atoms with van der Waals surface area (Å²) in [6.45, 7) is 5.36. The second-order valence-corrected chi connectivity index (χ2v) is 4.66. The zero-order chi connectivity index (χ0) is 13.4. The normalized spacial score (nSPS) is 12.4. The fraction of sp³-hybridized carbons (Fsp3) is 0.500. The lowest BCUT2D eigenvalue weighted by Gasteiger charge is -2.17. The molecule has 0 aliphatic heterocycles. The number of para-hydroxylation sites is 1. The maximum Gasteiger partial charge on any atom is 0.320 e. The van der Waals surface area contributed by atoms with Crippen LogP contribution in [0.5, 0.6) is 0 Å². The van der Waals surface area contributed by atoms with E-state index in [4.69, 9.17) is 5.11 Å². The van der Waals surface area contributed by atoms with Crippen molar-refractivity contribution < 1.29 is 9.90 Å². The van der Waals surface area contributed by atoms with Gasteiger partial charge in [-0.1, -0.05) is 32.0 Å². The van der Waals surface area contributed by atoms with Crippen molar-refractivity contribution in [2.75, 3.05) is 18.4 Å². The van der Waals surface area contributed by atoms with E-state index in [1.54, 1.807) is 0 Å². The van der Waals surface area contributed by atoms with Crippen LogP contribution in [-0.4, -0.2) is 30.2 Å². The van der Waals surface area contributed by atoms with Crippen LogP contribution in [0, 0.1) is 5.92 Å². The number of carboxylic acids is 1. The van der Waals surface area contributed by atoms with E-state index in [0.29, 0.717) is 6.54 Å². The molecule has 0 aliphatic rings. The molecule has 0 aliphatic carbocycles. The molecule has 1 aromatic rings. The first-order chi connectivity index (χ1) is 8.61. The third kappa shape index (κ3) is 5.19. The molecule has 0 saturated carbocycles. The Morgan fingerprint density at radius 1 is 1.22 bits per heavy atom. The van der Waals surface area contributed by atoms with E-state index in [-0.39, 0.29) is 5.92 Å². The molecular weight excluding hydrogens is 228 g/mol. The van der Waals surface area contributed by atoms with E-state index in [1.807, 2.05) is 44.2 Å². The van der Waals surface area contributed by atoms with Crippen LogP contribution in [0.15, 0.2) is 30.3 Å². The molecule has 18 heavy (non-hydrogen) atoms. The Hall–Kier alpha value is -1.55. The van der Waals surface area contributed by atoms with Gasteiger partial charge in [0.25, 0.3) is 0 Å². The quantitative estimate of drug-likeness (QED) is 0.619. The van der Waals surface area contributed by atoms with Crippen LogP contribution in [0.3, 0.4) is 0 Å². The summed E-state index contributed by atoms with van der Waals surface area (Å²) < 4.78 is 0. The van der Waals surface area contributed by atoms with Crippen molar-refractivity contribution in [3.8, 4) is 0 Å². The lowest BCUT2D eigenvalue weighted by atomic mass is 10.0. The minimum Gasteiger partial charge on any atom is -0.480 e. The Morgan fingerprint density at radius 2 is 1.89 bits per heavy atom. The van der Waals surface area contributed by atoms with Crippen LogP contribution in [0.25, 0.3) is 0 Å². The number of carbonyl (C=O) groups is 1. The van der Waals surface area contributed by atoms with Crippen LogP contribution in [0.2, 0.25) is 0 Å². The third-order valence-corrected chi connectivity index (χ3v) is 2.75. The van der Waals surface area contributed by atoms with Gasteiger partial charge in [-0.3, -0.25) is 4.79 Å². The second kappa shape index (κ2) is 7.71. The SMILES string of the molecule is CC(C)[C@H](NCCCNc1ccccc1)C(=O)O. The third-order valence-electron chi connectivity index (χ3n) is 2.75. The van der Waals surface area contributed by atoms with Gasteiger partial charge in [-0.2, -0.15) is 0 Å². The van der Waals surface area contributed by atoms with Gasteiger partial charge >= 0.3 is 5.97 Å². The predicted molar refractivity (Wildman–Crippen MR) is 73.8 cm³/mol. The number of carboxylic acid groups (broad SMARTS) is 1. The van der Waals surface area contributed by atoms with E-state index >= 15 is 0 Å². The number of benzene rings is 1. The van der Waals surface area contributed by atoms with Gasteiger partial charge in [-0.05, 0) is 31.0 Å². The van der Waals surface area contributed by atoms with E-state index < -0.39 is 12.0 Å². The maximum absolute atomic E-state index is 10.9. The van der Waals surface area contributed by atoms with Crippen molar-refractivity contribution in [3.63, 3.8) is 0 Å². The van der Waals surface area contributed by atoms with E-state index in [0.717, 1.165) is 18.7 Å². The highest BCUT2D eigenvalue weighted by molar-refractivity contribution is 5.73. The summed E-state index contributed by atoms with van der Waals surface area (Å²) in [5.41, 5.74) is 1.09. The molecule has 0 fully saturated rings. The first kappa shape index (κ1) is 14.5. The van der Waals surface area contributed by atoms with Gasteiger partial charge < -0.3 is 15.7 Å². The first-order valence-corrected chi connectivity index (χ1v) is 6.36. The lowest BCUT2D eigenvalue weighted by Crippen LogP contribution is -2.41. The smallest absolute Gasteiger partial charge is 0.320 e. The van der Waals surface area contributed by atoms with Crippen LogP contribution >= 0.6 is 0 Å². The van der Waals surface area contributed by atoms with Crippen LogP contribution in [0.1, 0.15) is 20.3 Å². The summed E-state index contributed by atoms with van der Waals surface area (Å²) in [6.07, 6.45) is 0.894. The van der Waals surface area contributed by atoms with Gasteiger partial charge in [-0.15, -0.1) is 0 Å². The fourth-order valence-corrected chi connectivity index (χ4v) is 1.74. The number of rotatable bonds is 8. The van der Waals surface area contributed by atoms with Crippen LogP contribution < -0.4 is 10.6 Å². The standard InChI is InChI=1S/C14H22N2O2/c1-11(2)13(14(17)18)16-10-6-9-15-12-7-4-3-5-8-12/h3-5,7-8,11,13,15-16H,6,9-10H2,1-2H3,(H,17,18)/t13-/m0/s1. The van der Waals surface area contributed by atoms with E-state index in [9.17, 15) is 4.79 Å². The highest BCUT2D eigenvalue weighted by atomic mass is 16.4. The van der Waals surface area contributed by atoms with Crippen LogP contribution in [-0.2, 0) is 4.79 Å². The summed E-state index contributed by atoms with van der Waals surface area (Å²) in [5.74, 6) is -0.675. The maximum atomic E-state index is 10.9. The minimum atomic E-state index is -0.777. The predicted octanol–water partition coefficient (Wildman–Crippen LogP) is 2.19. The molecule has 0 amide bonds. The van der Waals surface area contributed by atoms with Crippen molar-refractivity contribution in [1.29, 1.82) is 0 Å². The van der Waals surface area contributed by atoms with Gasteiger partial charge in [-0.25, -0.2) is 0 Å². The number of nitrogens with one attached hydrogen (secondary N) is 2. The fourth-order valence-electron chi connectivity index (χ4n) is 1.74. The minimum absolute atomic E-state index is 0.101. The molecule has 1 rings (SSSR count). The number of anilines is 1. The molecule has 0 saturated heterocycles. The molecular formula is C14H22N2O2. The Bertz CT molecular complexity index is 352. The van der Waals surface area contributed by atoms with Crippen molar-refractivity contribution in [2.45, 2.75) is 26.3 Å². The largest absolute Gasteiger partial charge is 0.480 e. The summed E-state index contributed by atoms with van der Waals surface area (Å²) in [6, 6.07) is 9.53. The van der Waals surface area contributed by atoms with Gasteiger partial charge in [0.1, 0.15) is 6.04 Å². The lowest BCUT2D eigenvalue weighted by molar-refractivity contribution is -0.140. The second-order valence-electron chi connectivity index (χ2n) is 4.66. The molecule has 0 radical (unpaired) electrons. The van der Waals surface area contributed by atoms with E-state index in [2.05, 4.69) is 10.6 Å². The molecule has 1 aromatic carbocycles. The van der Waals surface area contributed by atoms with Gasteiger partial charge in [0.2, 0.25) is 0 Å². The summed E-state index contributed by atoms with van der Waals surface area (Å²) >= 11 is 0. The average molecular weight is 250 g/mol. The van der Waals surface area contributed by atoms with Crippen molar-refractivity contribution in [2.24, 2.45) is 5.92 Å². The average Bonchev–Trinajstić information content (AvgIpc) is 2.34. The first-order valence-electron chi connectivity index (χ1n) is 6.36. The highest BCUT2D eigenvalue weighted by Crippen LogP contribution is 2.05. The van der Waals surface area contributed by atoms with Crippen molar-refractivity contribution >= 4 is 11.7 Å². The topological polar surface area (TPSA) is 61.4 Å². The number of aliphatic carboxylic acids is 1. The molecule has 0 aromatic heterocycles. The Balaban J connectivity index is 2.17. The molecule has 0 unspecified atom stereocenters. The van der Waals surface area contributed by atoms with Crippen molar-refractivity contribution in [3.05, 3.63) is 30.3 Å². The molecule has 0 heterocycles. The highest BCUT2D eigenvalue weighted by Gasteiger charge is 2.19. The van der Waals surface area contributed by atoms with Gasteiger partial charge in [0, 0.05) is 12.2 Å². The Labute approximate surface area is 108 Å². The zero-order valence-corrected chi connectivity index (χ0v) is 11.0. The molecule has 4 nitrogen and oxygen atoms in total. The molecule has 4 heteroatoms. The summed E-state index contributed by atoms with van der Waals surface area (Å²) in [4.78, 5) is 10.9.